The van der Waals surface area contributed by atoms with Gasteiger partial charge in [-0.2, -0.15) is 0 Å². The average molecular weight is 343 g/mol. The quantitative estimate of drug-likeness (QED) is 0.378. The Kier molecular flexibility index (Phi) is 28.3. The summed E-state index contributed by atoms with van der Waals surface area (Å²) in [5.74, 6) is 0. The second-order valence-corrected chi connectivity index (χ2v) is 0.385. The Morgan fingerprint density at radius 2 is 1.33 bits per heavy atom. The molecule has 0 saturated carbocycles. The molecule has 0 aliphatic heterocycles. The topological polar surface area (TPSA) is 0 Å². The van der Waals surface area contributed by atoms with Crippen LogP contribution >= 0.6 is 0 Å². The molecule has 0 radical (unpaired) electrons. The van der Waals surface area contributed by atoms with Gasteiger partial charge >= 0.3 is 30.6 Å². The Hall–Kier alpha value is 0.740. The van der Waals surface area contributed by atoms with Gasteiger partial charge in [-0.15, -0.1) is 0 Å². The van der Waals surface area contributed by atoms with E-state index >= 15 is 0 Å². The molecule has 0 aliphatic carbocycles. The van der Waals surface area contributed by atoms with Gasteiger partial charge in [0.2, 0.25) is 0 Å². The van der Waals surface area contributed by atoms with Gasteiger partial charge in [0.25, 0.3) is 0 Å². The fraction of sp³-hybridized carbons (Fsp3) is 0. The van der Waals surface area contributed by atoms with Crippen LogP contribution in [0.2, 0.25) is 0 Å². The van der Waals surface area contributed by atoms with E-state index in [9.17, 15) is 0 Å². The molecule has 0 rings (SSSR count). The monoisotopic (exact) mass is 346 g/mol. The molecule has 0 fully saturated rings. The SMILES string of the molecule is [CH-]=CC=[CH-].[Ru+]=[Os]. The van der Waals surface area contributed by atoms with Crippen LogP contribution in [-0.2, 0) is 30.6 Å². The minimum absolute atomic E-state index is 1.28. The van der Waals surface area contributed by atoms with Crippen LogP contribution in [0.4, 0.5) is 0 Å². The molecule has 0 heterocycles. The molecule has 6 heavy (non-hydrogen) atoms. The van der Waals surface area contributed by atoms with Crippen molar-refractivity contribution in [2.24, 2.45) is 0 Å². The standard InChI is InChI=1S/C4H4.Os.Ru/c1-3-4-2;;/h1-4H;;/q-2;;+1. The van der Waals surface area contributed by atoms with E-state index in [1.54, 1.807) is 15.5 Å². The molecule has 0 N–H and O–H groups in total. The van der Waals surface area contributed by atoms with E-state index in [-0.39, 0.29) is 0 Å². The number of allylic oxidation sites excluding steroid dienone is 2. The zero-order valence-electron chi connectivity index (χ0n) is 3.02. The minimum atomic E-state index is 1.28. The zero-order chi connectivity index (χ0) is 5.41. The molecule has 0 bridgehead atoms. The van der Waals surface area contributed by atoms with Gasteiger partial charge in [0.05, 0.1) is 0 Å². The summed E-state index contributed by atoms with van der Waals surface area (Å²) < 4.78 is 0. The number of hydrogen-bond donors (Lipinski definition) is 0. The first-order chi connectivity index (χ1) is 2.91. The average Bonchev–Trinajstić information content (AvgIpc) is 1.72. The molecule has 0 aliphatic rings. The van der Waals surface area contributed by atoms with E-state index in [0.717, 1.165) is 0 Å². The Morgan fingerprint density at radius 3 is 1.33 bits per heavy atom. The van der Waals surface area contributed by atoms with Crippen LogP contribution in [0.5, 0.6) is 0 Å². The molecule has 0 nitrogen and oxygen atoms in total. The Labute approximate surface area is 55.9 Å². The first-order valence-corrected chi connectivity index (χ1v) is 7.05. The summed E-state index contributed by atoms with van der Waals surface area (Å²) in [7, 11) is 0. The van der Waals surface area contributed by atoms with Crippen LogP contribution in [0.15, 0.2) is 12.2 Å². The van der Waals surface area contributed by atoms with Gasteiger partial charge in [-0.05, 0) is 0 Å². The maximum atomic E-state index is 4.72. The maximum absolute atomic E-state index is 4.72. The van der Waals surface area contributed by atoms with Gasteiger partial charge in [0, 0.05) is 0 Å². The normalized spacial score (nSPS) is 4.17. The van der Waals surface area contributed by atoms with Crippen molar-refractivity contribution >= 4 is 0 Å². The molecule has 0 atom stereocenters. The summed E-state index contributed by atoms with van der Waals surface area (Å²) >= 11 is 4.17. The van der Waals surface area contributed by atoms with Crippen molar-refractivity contribution in [3.8, 4) is 0 Å². The van der Waals surface area contributed by atoms with Gasteiger partial charge in [-0.25, -0.2) is 0 Å². The fourth-order valence-corrected chi connectivity index (χ4v) is 0. The van der Waals surface area contributed by atoms with Crippen LogP contribution in [-0.4, -0.2) is 0 Å². The van der Waals surface area contributed by atoms with Gasteiger partial charge in [0.1, 0.15) is 0 Å². The summed E-state index contributed by atoms with van der Waals surface area (Å²) in [5, 5.41) is 0. The van der Waals surface area contributed by atoms with Crippen molar-refractivity contribution in [1.82, 2.24) is 0 Å². The second kappa shape index (κ2) is 17.2. The first kappa shape index (κ1) is 9.88. The summed E-state index contributed by atoms with van der Waals surface area (Å²) in [6, 6.07) is 0. The van der Waals surface area contributed by atoms with E-state index in [1.165, 1.54) is 12.2 Å². The van der Waals surface area contributed by atoms with Crippen molar-refractivity contribution in [1.29, 1.82) is 0 Å². The summed E-state index contributed by atoms with van der Waals surface area (Å²) in [5.41, 5.74) is 0. The summed E-state index contributed by atoms with van der Waals surface area (Å²) in [4.78, 5) is 0. The van der Waals surface area contributed by atoms with Crippen molar-refractivity contribution in [2.75, 3.05) is 0 Å². The third kappa shape index (κ3) is 21.9. The third-order valence-corrected chi connectivity index (χ3v) is 0.111. The van der Waals surface area contributed by atoms with Crippen LogP contribution in [0.3, 0.4) is 0 Å². The van der Waals surface area contributed by atoms with Gasteiger partial charge in [-0.1, -0.05) is 0 Å². The van der Waals surface area contributed by atoms with Crippen LogP contribution in [0.25, 0.3) is 0 Å². The summed E-state index contributed by atoms with van der Waals surface area (Å²) in [6.07, 6.45) is 2.56. The Morgan fingerprint density at radius 1 is 1.17 bits per heavy atom. The third-order valence-electron chi connectivity index (χ3n) is 0.111. The summed E-state index contributed by atoms with van der Waals surface area (Å²) in [6.45, 7) is 9.44. The number of hydrogen-bond acceptors (Lipinski definition) is 0. The van der Waals surface area contributed by atoms with E-state index in [1.807, 2.05) is 0 Å². The van der Waals surface area contributed by atoms with Gasteiger partial charge in [-0.3, -0.25) is 0 Å². The van der Waals surface area contributed by atoms with Crippen molar-refractivity contribution in [3.63, 3.8) is 0 Å². The molecule has 37 valence electrons. The zero-order valence-corrected chi connectivity index (χ0v) is 7.30. The Balaban J connectivity index is 0. The molecule has 2 heteroatoms. The molecule has 0 aromatic heterocycles. The number of rotatable bonds is 1. The molecular formula is C4H4OsRu-. The molecule has 0 amide bonds. The predicted octanol–water partition coefficient (Wildman–Crippen LogP) is 0.960. The van der Waals surface area contributed by atoms with E-state index in [4.69, 9.17) is 13.2 Å². The van der Waals surface area contributed by atoms with Crippen LogP contribution < -0.4 is 0 Å². The van der Waals surface area contributed by atoms with Crippen LogP contribution in [0, 0.1) is 13.2 Å². The second-order valence-electron chi connectivity index (χ2n) is 0.385. The molecule has 0 aromatic rings. The molecular weight excluding hydrogens is 339 g/mol. The van der Waals surface area contributed by atoms with Crippen molar-refractivity contribution < 1.29 is 30.6 Å². The van der Waals surface area contributed by atoms with E-state index in [0.29, 0.717) is 0 Å². The van der Waals surface area contributed by atoms with Crippen LogP contribution in [0.1, 0.15) is 0 Å². The van der Waals surface area contributed by atoms with Crippen molar-refractivity contribution in [3.05, 3.63) is 25.3 Å². The molecule has 0 spiro atoms. The van der Waals surface area contributed by atoms with E-state index in [2.05, 4.69) is 15.2 Å². The molecule has 0 unspecified atom stereocenters. The Bertz CT molecular complexity index is 36.8. The first-order valence-electron chi connectivity index (χ1n) is 1.13. The predicted molar refractivity (Wildman–Crippen MR) is 17.7 cm³/mol. The van der Waals surface area contributed by atoms with Gasteiger partial charge < -0.3 is 25.3 Å². The van der Waals surface area contributed by atoms with E-state index < -0.39 is 0 Å². The molecule has 0 aromatic carbocycles. The van der Waals surface area contributed by atoms with Crippen molar-refractivity contribution in [2.45, 2.75) is 0 Å². The molecule has 0 saturated heterocycles. The fourth-order valence-electron chi connectivity index (χ4n) is 0. The van der Waals surface area contributed by atoms with Gasteiger partial charge in [0.15, 0.2) is 0 Å².